The van der Waals surface area contributed by atoms with E-state index in [1.807, 2.05) is 24.3 Å². The summed E-state index contributed by atoms with van der Waals surface area (Å²) in [6.07, 6.45) is 6.99. The minimum atomic E-state index is -0.266. The van der Waals surface area contributed by atoms with Crippen molar-refractivity contribution in [2.75, 3.05) is 13.1 Å². The molecule has 2 amide bonds. The summed E-state index contributed by atoms with van der Waals surface area (Å²) >= 11 is 0. The number of pyridine rings is 1. The van der Waals surface area contributed by atoms with Crippen LogP contribution in [0.25, 0.3) is 0 Å². The van der Waals surface area contributed by atoms with Gasteiger partial charge in [-0.15, -0.1) is 0 Å². The molecule has 1 aliphatic rings. The maximum atomic E-state index is 12.2. The van der Waals surface area contributed by atoms with Crippen LogP contribution in [0.3, 0.4) is 0 Å². The summed E-state index contributed by atoms with van der Waals surface area (Å²) in [5, 5.41) is 2.92. The lowest BCUT2D eigenvalue weighted by molar-refractivity contribution is -0.129. The molecule has 0 radical (unpaired) electrons. The van der Waals surface area contributed by atoms with Gasteiger partial charge < -0.3 is 14.6 Å². The van der Waals surface area contributed by atoms with E-state index in [9.17, 15) is 9.59 Å². The van der Waals surface area contributed by atoms with Crippen molar-refractivity contribution in [1.82, 2.24) is 15.2 Å². The molecule has 3 heterocycles. The smallest absolute Gasteiger partial charge is 0.225 e. The average Bonchev–Trinajstić information content (AvgIpc) is 3.23. The number of carbonyl (C=O) groups is 2. The molecule has 2 aromatic heterocycles. The number of nitrogens with zero attached hydrogens (tertiary/aromatic N) is 2. The number of amides is 2. The number of carbonyl (C=O) groups excluding carboxylic acids is 2. The Morgan fingerprint density at radius 1 is 1.38 bits per heavy atom. The predicted octanol–water partition coefficient (Wildman–Crippen LogP) is 1.77. The van der Waals surface area contributed by atoms with Gasteiger partial charge in [-0.05, 0) is 30.2 Å². The number of aromatic nitrogens is 1. The van der Waals surface area contributed by atoms with Crippen LogP contribution in [-0.2, 0) is 22.6 Å². The number of aryl methyl sites for hydroxylation is 1. The highest BCUT2D eigenvalue weighted by atomic mass is 16.3. The van der Waals surface area contributed by atoms with Crippen molar-refractivity contribution >= 4 is 11.8 Å². The van der Waals surface area contributed by atoms with Crippen molar-refractivity contribution in [3.63, 3.8) is 0 Å². The third-order valence-electron chi connectivity index (χ3n) is 4.16. The normalized spacial score (nSPS) is 17.2. The van der Waals surface area contributed by atoms with Gasteiger partial charge in [-0.1, -0.05) is 6.07 Å². The number of nitrogens with one attached hydrogen (secondary N) is 1. The maximum absolute atomic E-state index is 12.2. The van der Waals surface area contributed by atoms with Gasteiger partial charge in [0.15, 0.2) is 0 Å². The van der Waals surface area contributed by atoms with Crippen molar-refractivity contribution < 1.29 is 14.0 Å². The minimum absolute atomic E-state index is 0.0228. The van der Waals surface area contributed by atoms with Gasteiger partial charge in [0.05, 0.1) is 12.2 Å². The molecule has 6 heteroatoms. The summed E-state index contributed by atoms with van der Waals surface area (Å²) < 4.78 is 5.26. The molecular weight excluding hydrogens is 306 g/mol. The van der Waals surface area contributed by atoms with E-state index in [2.05, 4.69) is 10.3 Å². The van der Waals surface area contributed by atoms with Crippen LogP contribution in [0.5, 0.6) is 0 Å². The molecule has 126 valence electrons. The molecule has 0 bridgehead atoms. The lowest BCUT2D eigenvalue weighted by atomic mass is 10.1. The highest BCUT2D eigenvalue weighted by Gasteiger charge is 2.33. The Morgan fingerprint density at radius 3 is 3.04 bits per heavy atom. The van der Waals surface area contributed by atoms with Gasteiger partial charge in [-0.3, -0.25) is 14.6 Å². The topological polar surface area (TPSA) is 75.4 Å². The number of hydrogen-bond acceptors (Lipinski definition) is 4. The Morgan fingerprint density at radius 2 is 2.29 bits per heavy atom. The molecular formula is C18H21N3O3. The minimum Gasteiger partial charge on any atom is -0.469 e. The Hall–Kier alpha value is -2.63. The monoisotopic (exact) mass is 327 g/mol. The van der Waals surface area contributed by atoms with Gasteiger partial charge in [0, 0.05) is 44.9 Å². The first kappa shape index (κ1) is 16.2. The first-order valence-corrected chi connectivity index (χ1v) is 8.19. The van der Waals surface area contributed by atoms with Crippen LogP contribution in [0, 0.1) is 5.92 Å². The molecule has 0 aliphatic carbocycles. The lowest BCUT2D eigenvalue weighted by Gasteiger charge is -2.16. The Balaban J connectivity index is 1.42. The Bertz CT molecular complexity index is 670. The second kappa shape index (κ2) is 7.77. The highest BCUT2D eigenvalue weighted by Crippen LogP contribution is 2.20. The molecule has 0 spiro atoms. The van der Waals surface area contributed by atoms with E-state index in [1.54, 1.807) is 23.6 Å². The fourth-order valence-electron chi connectivity index (χ4n) is 2.89. The quantitative estimate of drug-likeness (QED) is 0.787. The molecule has 24 heavy (non-hydrogen) atoms. The number of rotatable bonds is 7. The molecule has 1 fully saturated rings. The number of likely N-dealkylation sites (tertiary alicyclic amines) is 1. The molecule has 6 nitrogen and oxygen atoms in total. The van der Waals surface area contributed by atoms with Gasteiger partial charge in [-0.2, -0.15) is 0 Å². The molecule has 2 aromatic rings. The zero-order valence-corrected chi connectivity index (χ0v) is 13.5. The van der Waals surface area contributed by atoms with Gasteiger partial charge in [0.1, 0.15) is 5.76 Å². The van der Waals surface area contributed by atoms with Crippen LogP contribution < -0.4 is 5.32 Å². The largest absolute Gasteiger partial charge is 0.469 e. The van der Waals surface area contributed by atoms with Gasteiger partial charge in [0.2, 0.25) is 11.8 Å². The average molecular weight is 327 g/mol. The van der Waals surface area contributed by atoms with Crippen molar-refractivity contribution in [2.24, 2.45) is 5.92 Å². The van der Waals surface area contributed by atoms with E-state index in [0.717, 1.165) is 24.2 Å². The summed E-state index contributed by atoms with van der Waals surface area (Å²) in [7, 11) is 0. The van der Waals surface area contributed by atoms with Crippen LogP contribution in [0.2, 0.25) is 0 Å². The summed E-state index contributed by atoms with van der Waals surface area (Å²) in [4.78, 5) is 30.1. The predicted molar refractivity (Wildman–Crippen MR) is 87.8 cm³/mol. The number of hydrogen-bond donors (Lipinski definition) is 1. The van der Waals surface area contributed by atoms with E-state index in [1.165, 1.54) is 0 Å². The second-order valence-electron chi connectivity index (χ2n) is 6.01. The van der Waals surface area contributed by atoms with Crippen LogP contribution in [0.4, 0.5) is 0 Å². The van der Waals surface area contributed by atoms with Crippen molar-refractivity contribution in [3.8, 4) is 0 Å². The zero-order chi connectivity index (χ0) is 16.8. The van der Waals surface area contributed by atoms with E-state index in [-0.39, 0.29) is 24.2 Å². The van der Waals surface area contributed by atoms with Crippen LogP contribution in [0.1, 0.15) is 24.2 Å². The summed E-state index contributed by atoms with van der Waals surface area (Å²) in [6, 6.07) is 7.56. The van der Waals surface area contributed by atoms with Crippen molar-refractivity contribution in [3.05, 3.63) is 54.2 Å². The van der Waals surface area contributed by atoms with Gasteiger partial charge in [-0.25, -0.2) is 0 Å². The second-order valence-corrected chi connectivity index (χ2v) is 6.01. The molecule has 1 atom stereocenters. The van der Waals surface area contributed by atoms with Crippen LogP contribution >= 0.6 is 0 Å². The van der Waals surface area contributed by atoms with Gasteiger partial charge in [0.25, 0.3) is 0 Å². The van der Waals surface area contributed by atoms with Gasteiger partial charge >= 0.3 is 0 Å². The van der Waals surface area contributed by atoms with Crippen LogP contribution in [-0.4, -0.2) is 34.8 Å². The lowest BCUT2D eigenvalue weighted by Crippen LogP contribution is -2.33. The molecule has 1 N–H and O–H groups in total. The third-order valence-corrected chi connectivity index (χ3v) is 4.16. The molecule has 0 aromatic carbocycles. The highest BCUT2D eigenvalue weighted by molar-refractivity contribution is 5.89. The fourth-order valence-corrected chi connectivity index (χ4v) is 2.89. The van der Waals surface area contributed by atoms with E-state index < -0.39 is 0 Å². The first-order chi connectivity index (χ1) is 11.7. The Kier molecular flexibility index (Phi) is 5.25. The third kappa shape index (κ3) is 4.22. The maximum Gasteiger partial charge on any atom is 0.225 e. The van der Waals surface area contributed by atoms with Crippen molar-refractivity contribution in [2.45, 2.75) is 25.8 Å². The van der Waals surface area contributed by atoms with Crippen LogP contribution in [0.15, 0.2) is 47.3 Å². The molecule has 1 unspecified atom stereocenters. The summed E-state index contributed by atoms with van der Waals surface area (Å²) in [5.74, 6) is 0.631. The summed E-state index contributed by atoms with van der Waals surface area (Å²) in [6.45, 7) is 1.57. The number of furan rings is 1. The van der Waals surface area contributed by atoms with E-state index in [0.29, 0.717) is 19.6 Å². The standard InChI is InChI=1S/C18H21N3O3/c22-17-10-15(13-21(17)12-14-4-1-7-19-11-14)18(23)20-8-2-5-16-6-3-9-24-16/h1,3-4,6-7,9,11,15H,2,5,8,10,12-13H2,(H,20,23). The van der Waals surface area contributed by atoms with E-state index >= 15 is 0 Å². The molecule has 0 saturated carbocycles. The SMILES string of the molecule is O=C(NCCCc1ccco1)C1CC(=O)N(Cc2cccnc2)C1. The molecule has 1 aliphatic heterocycles. The Labute approximate surface area is 140 Å². The molecule has 3 rings (SSSR count). The summed E-state index contributed by atoms with van der Waals surface area (Å²) in [5.41, 5.74) is 0.977. The molecule has 1 saturated heterocycles. The van der Waals surface area contributed by atoms with E-state index in [4.69, 9.17) is 4.42 Å². The zero-order valence-electron chi connectivity index (χ0n) is 13.5. The first-order valence-electron chi connectivity index (χ1n) is 8.19. The van der Waals surface area contributed by atoms with Crippen molar-refractivity contribution in [1.29, 1.82) is 0 Å². The fraction of sp³-hybridized carbons (Fsp3) is 0.389.